The average molecular weight is 256 g/mol. The summed E-state index contributed by atoms with van der Waals surface area (Å²) >= 11 is 1.92. The highest BCUT2D eigenvalue weighted by molar-refractivity contribution is 8.14. The molecule has 1 saturated heterocycles. The van der Waals surface area contributed by atoms with Crippen molar-refractivity contribution >= 4 is 16.9 Å². The summed E-state index contributed by atoms with van der Waals surface area (Å²) in [6.07, 6.45) is 3.77. The molecule has 0 amide bonds. The van der Waals surface area contributed by atoms with Gasteiger partial charge in [0.25, 0.3) is 0 Å². The summed E-state index contributed by atoms with van der Waals surface area (Å²) in [5.41, 5.74) is -0.138. The Hall–Kier alpha value is -0.260. The van der Waals surface area contributed by atoms with E-state index in [0.29, 0.717) is 6.61 Å². The molecule has 4 nitrogen and oxygen atoms in total. The van der Waals surface area contributed by atoms with Crippen LogP contribution in [0.25, 0.3) is 0 Å². The van der Waals surface area contributed by atoms with Gasteiger partial charge in [-0.2, -0.15) is 0 Å². The van der Waals surface area contributed by atoms with Gasteiger partial charge in [0.05, 0.1) is 13.2 Å². The van der Waals surface area contributed by atoms with E-state index in [1.165, 1.54) is 12.8 Å². The predicted molar refractivity (Wildman–Crippen MR) is 69.6 cm³/mol. The smallest absolute Gasteiger partial charge is 0.157 e. The molecular weight excluding hydrogens is 236 g/mol. The summed E-state index contributed by atoms with van der Waals surface area (Å²) in [5, 5.41) is 5.27. The number of thioether (sulfide) groups is 1. The molecular formula is C12H20N2O2S. The molecule has 1 aliphatic carbocycles. The van der Waals surface area contributed by atoms with Crippen molar-refractivity contribution in [3.63, 3.8) is 0 Å². The molecule has 2 atom stereocenters. The first-order valence-corrected chi connectivity index (χ1v) is 7.27. The molecule has 3 rings (SSSR count). The maximum atomic E-state index is 5.59. The zero-order chi connectivity index (χ0) is 11.7. The first-order valence-electron chi connectivity index (χ1n) is 6.39. The van der Waals surface area contributed by atoms with Gasteiger partial charge in [0.15, 0.2) is 5.17 Å². The Labute approximate surface area is 107 Å². The van der Waals surface area contributed by atoms with Crippen molar-refractivity contribution in [3.05, 3.63) is 0 Å². The summed E-state index contributed by atoms with van der Waals surface area (Å²) in [6.45, 7) is 3.31. The Bertz CT molecular complexity index is 312. The van der Waals surface area contributed by atoms with Crippen LogP contribution >= 0.6 is 11.8 Å². The fourth-order valence-corrected chi connectivity index (χ4v) is 3.60. The molecule has 0 bridgehead atoms. The molecule has 2 heterocycles. The summed E-state index contributed by atoms with van der Waals surface area (Å²) in [5.74, 6) is 0.925. The normalized spacial score (nSPS) is 37.2. The van der Waals surface area contributed by atoms with Crippen LogP contribution in [0.4, 0.5) is 0 Å². The van der Waals surface area contributed by atoms with Crippen molar-refractivity contribution in [2.24, 2.45) is 10.9 Å². The van der Waals surface area contributed by atoms with E-state index >= 15 is 0 Å². The fourth-order valence-electron chi connectivity index (χ4n) is 2.40. The largest absolute Gasteiger partial charge is 0.378 e. The highest BCUT2D eigenvalue weighted by atomic mass is 32.2. The first-order chi connectivity index (χ1) is 8.31. The van der Waals surface area contributed by atoms with Gasteiger partial charge >= 0.3 is 0 Å². The van der Waals surface area contributed by atoms with Crippen molar-refractivity contribution in [1.29, 1.82) is 0 Å². The number of hydrogen-bond acceptors (Lipinski definition) is 5. The number of nitrogens with one attached hydrogen (secondary N) is 1. The summed E-state index contributed by atoms with van der Waals surface area (Å²) in [7, 11) is 1.77. The van der Waals surface area contributed by atoms with Gasteiger partial charge in [0, 0.05) is 31.9 Å². The summed E-state index contributed by atoms with van der Waals surface area (Å²) < 4.78 is 11.0. The minimum atomic E-state index is -0.138. The van der Waals surface area contributed by atoms with Crippen LogP contribution in [0.3, 0.4) is 0 Å². The van der Waals surface area contributed by atoms with Crippen LogP contribution in [0, 0.1) is 5.92 Å². The maximum absolute atomic E-state index is 5.59. The maximum Gasteiger partial charge on any atom is 0.157 e. The van der Waals surface area contributed by atoms with Gasteiger partial charge in [0.2, 0.25) is 0 Å². The first kappa shape index (κ1) is 11.8. The van der Waals surface area contributed by atoms with E-state index in [9.17, 15) is 0 Å². The molecule has 2 fully saturated rings. The van der Waals surface area contributed by atoms with Gasteiger partial charge in [0.1, 0.15) is 5.60 Å². The lowest BCUT2D eigenvalue weighted by atomic mass is 10.0. The van der Waals surface area contributed by atoms with E-state index in [4.69, 9.17) is 9.47 Å². The molecule has 0 radical (unpaired) electrons. The minimum absolute atomic E-state index is 0.138. The Kier molecular flexibility index (Phi) is 3.32. The predicted octanol–water partition coefficient (Wildman–Crippen LogP) is 1.26. The number of amidine groups is 1. The minimum Gasteiger partial charge on any atom is -0.378 e. The molecule has 3 aliphatic rings. The third kappa shape index (κ3) is 2.61. The van der Waals surface area contributed by atoms with E-state index in [0.717, 1.165) is 42.5 Å². The van der Waals surface area contributed by atoms with Crippen molar-refractivity contribution in [1.82, 2.24) is 5.32 Å². The van der Waals surface area contributed by atoms with E-state index in [1.807, 2.05) is 11.8 Å². The van der Waals surface area contributed by atoms with Crippen LogP contribution in [0.15, 0.2) is 4.99 Å². The van der Waals surface area contributed by atoms with Crippen molar-refractivity contribution in [2.45, 2.75) is 30.1 Å². The highest BCUT2D eigenvalue weighted by Crippen LogP contribution is 2.41. The van der Waals surface area contributed by atoms with E-state index in [1.54, 1.807) is 7.11 Å². The van der Waals surface area contributed by atoms with Gasteiger partial charge < -0.3 is 14.8 Å². The molecule has 96 valence electrons. The number of nitrogens with zero attached hydrogens (tertiary/aromatic N) is 1. The van der Waals surface area contributed by atoms with Crippen molar-refractivity contribution in [3.8, 4) is 0 Å². The lowest BCUT2D eigenvalue weighted by Crippen LogP contribution is -2.44. The lowest BCUT2D eigenvalue weighted by molar-refractivity contribution is -0.0125. The van der Waals surface area contributed by atoms with Gasteiger partial charge in [-0.05, 0) is 18.8 Å². The summed E-state index contributed by atoms with van der Waals surface area (Å²) in [4.78, 5) is 4.58. The molecule has 0 aromatic heterocycles. The second-order valence-corrected chi connectivity index (χ2v) is 6.41. The number of methoxy groups -OCH3 is 1. The molecule has 1 N–H and O–H groups in total. The van der Waals surface area contributed by atoms with Crippen LogP contribution in [0.2, 0.25) is 0 Å². The number of rotatable bonds is 4. The molecule has 17 heavy (non-hydrogen) atoms. The van der Waals surface area contributed by atoms with Crippen LogP contribution in [-0.4, -0.2) is 49.4 Å². The van der Waals surface area contributed by atoms with Crippen LogP contribution in [-0.2, 0) is 9.47 Å². The number of aliphatic imine (C=N–C) groups is 1. The van der Waals surface area contributed by atoms with Gasteiger partial charge in [-0.3, -0.25) is 4.99 Å². The summed E-state index contributed by atoms with van der Waals surface area (Å²) in [6, 6.07) is 0. The van der Waals surface area contributed by atoms with Crippen LogP contribution in [0.5, 0.6) is 0 Å². The Morgan fingerprint density at radius 2 is 2.47 bits per heavy atom. The fraction of sp³-hybridized carbons (Fsp3) is 0.917. The topological polar surface area (TPSA) is 42.8 Å². The van der Waals surface area contributed by atoms with Crippen molar-refractivity contribution in [2.75, 3.05) is 33.4 Å². The lowest BCUT2D eigenvalue weighted by Gasteiger charge is -2.26. The molecule has 1 saturated carbocycles. The van der Waals surface area contributed by atoms with Crippen LogP contribution < -0.4 is 5.32 Å². The highest BCUT2D eigenvalue weighted by Gasteiger charge is 2.38. The zero-order valence-corrected chi connectivity index (χ0v) is 11.1. The van der Waals surface area contributed by atoms with Gasteiger partial charge in [-0.25, -0.2) is 0 Å². The van der Waals surface area contributed by atoms with E-state index in [-0.39, 0.29) is 5.60 Å². The van der Waals surface area contributed by atoms with Gasteiger partial charge in [-0.15, -0.1) is 0 Å². The molecule has 0 spiro atoms. The number of hydrogen-bond donors (Lipinski definition) is 1. The molecule has 2 unspecified atom stereocenters. The monoisotopic (exact) mass is 256 g/mol. The molecule has 0 aromatic carbocycles. The van der Waals surface area contributed by atoms with E-state index < -0.39 is 0 Å². The third-order valence-electron chi connectivity index (χ3n) is 3.89. The second kappa shape index (κ2) is 4.78. The Morgan fingerprint density at radius 3 is 3.12 bits per heavy atom. The zero-order valence-electron chi connectivity index (χ0n) is 10.3. The Morgan fingerprint density at radius 1 is 1.59 bits per heavy atom. The number of ether oxygens (including phenoxy) is 2. The van der Waals surface area contributed by atoms with Gasteiger partial charge in [-0.1, -0.05) is 11.8 Å². The Balaban J connectivity index is 1.47. The molecule has 0 aromatic rings. The second-order valence-electron chi connectivity index (χ2n) is 5.18. The standard InChI is InChI=1S/C12H20N2O2S/c1-15-12(4-5-16-8-12)7-14-11-13-6-10(17-11)9-2-3-9/h9-10H,2-8H2,1H3,(H,13,14). The van der Waals surface area contributed by atoms with E-state index in [2.05, 4.69) is 10.3 Å². The van der Waals surface area contributed by atoms with Crippen molar-refractivity contribution < 1.29 is 9.47 Å². The van der Waals surface area contributed by atoms with Crippen LogP contribution in [0.1, 0.15) is 19.3 Å². The SMILES string of the molecule is COC1(CNC2=NCC(C3CC3)S2)CCOC1. The quantitative estimate of drug-likeness (QED) is 0.822. The molecule has 2 aliphatic heterocycles. The molecule has 5 heteroatoms. The average Bonchev–Trinajstić information content (AvgIpc) is 2.94. The third-order valence-corrected chi connectivity index (χ3v) is 5.22.